The van der Waals surface area contributed by atoms with Gasteiger partial charge in [-0.25, -0.2) is 0 Å². The Labute approximate surface area is 198 Å². The fourth-order valence-corrected chi connectivity index (χ4v) is 4.91. The predicted molar refractivity (Wildman–Crippen MR) is 127 cm³/mol. The molecule has 1 fully saturated rings. The smallest absolute Gasteiger partial charge is 0.368 e. The standard InChI is InChI=1S/C24H20F3N5OS/c25-24(26,27)18-7-4-8-19(14-18)31-9-11-32(12-10-31)23-29-22(33)20(34-23)13-17-15-28-30-21(17)16-5-2-1-3-6-16/h1-8,13-15H,9-12H2,(H,28,30)/b20-13-. The van der Waals surface area contributed by atoms with Crippen molar-refractivity contribution in [2.45, 2.75) is 6.18 Å². The number of anilines is 1. The van der Waals surface area contributed by atoms with Gasteiger partial charge in [-0.3, -0.25) is 9.89 Å². The lowest BCUT2D eigenvalue weighted by atomic mass is 10.1. The number of aromatic amines is 1. The first-order valence-corrected chi connectivity index (χ1v) is 11.5. The second-order valence-electron chi connectivity index (χ2n) is 7.90. The molecule has 0 bridgehead atoms. The molecule has 3 aromatic rings. The summed E-state index contributed by atoms with van der Waals surface area (Å²) in [5.41, 5.74) is 2.48. The summed E-state index contributed by atoms with van der Waals surface area (Å²) in [4.78, 5) is 21.2. The van der Waals surface area contributed by atoms with E-state index in [1.807, 2.05) is 40.1 Å². The zero-order chi connectivity index (χ0) is 23.7. The van der Waals surface area contributed by atoms with Crippen molar-refractivity contribution >= 4 is 34.6 Å². The number of hydrogen-bond donors (Lipinski definition) is 1. The van der Waals surface area contributed by atoms with Crippen LogP contribution in [0.2, 0.25) is 0 Å². The Hall–Kier alpha value is -3.53. The predicted octanol–water partition coefficient (Wildman–Crippen LogP) is 4.89. The first kappa shape index (κ1) is 22.3. The minimum absolute atomic E-state index is 0.305. The fraction of sp³-hybridized carbons (Fsp3) is 0.208. The van der Waals surface area contributed by atoms with Crippen LogP contribution in [-0.2, 0) is 11.0 Å². The van der Waals surface area contributed by atoms with Gasteiger partial charge in [0.1, 0.15) is 0 Å². The molecule has 1 amide bonds. The SMILES string of the molecule is O=C1N=C(N2CCN(c3cccc(C(F)(F)F)c3)CC2)S/C1=C\c1cn[nH]c1-c1ccccc1. The molecule has 1 aromatic heterocycles. The molecule has 0 spiro atoms. The molecule has 2 aliphatic heterocycles. The summed E-state index contributed by atoms with van der Waals surface area (Å²) in [5, 5.41) is 7.71. The van der Waals surface area contributed by atoms with Crippen LogP contribution in [0.1, 0.15) is 11.1 Å². The number of nitrogens with zero attached hydrogens (tertiary/aromatic N) is 4. The Bertz CT molecular complexity index is 1260. The third-order valence-corrected chi connectivity index (χ3v) is 6.76. The van der Waals surface area contributed by atoms with E-state index in [0.29, 0.717) is 41.9 Å². The number of H-pyrrole nitrogens is 1. The largest absolute Gasteiger partial charge is 0.416 e. The van der Waals surface area contributed by atoms with Crippen molar-refractivity contribution in [3.8, 4) is 11.3 Å². The lowest BCUT2D eigenvalue weighted by Gasteiger charge is -2.36. The monoisotopic (exact) mass is 483 g/mol. The Balaban J connectivity index is 1.25. The fourth-order valence-electron chi connectivity index (χ4n) is 3.95. The summed E-state index contributed by atoms with van der Waals surface area (Å²) in [6, 6.07) is 15.1. The first-order valence-electron chi connectivity index (χ1n) is 10.7. The van der Waals surface area contributed by atoms with Crippen LogP contribution in [0.4, 0.5) is 18.9 Å². The molecule has 1 N–H and O–H groups in total. The molecule has 34 heavy (non-hydrogen) atoms. The van der Waals surface area contributed by atoms with Crippen molar-refractivity contribution in [2.24, 2.45) is 4.99 Å². The van der Waals surface area contributed by atoms with Crippen LogP contribution in [0.5, 0.6) is 0 Å². The molecule has 5 rings (SSSR count). The third kappa shape index (κ3) is 4.58. The van der Waals surface area contributed by atoms with Crippen molar-refractivity contribution < 1.29 is 18.0 Å². The minimum Gasteiger partial charge on any atom is -0.368 e. The van der Waals surface area contributed by atoms with Crippen LogP contribution < -0.4 is 4.90 Å². The van der Waals surface area contributed by atoms with Gasteiger partial charge < -0.3 is 9.80 Å². The van der Waals surface area contributed by atoms with E-state index in [0.717, 1.165) is 22.9 Å². The molecule has 3 heterocycles. The van der Waals surface area contributed by atoms with E-state index >= 15 is 0 Å². The van der Waals surface area contributed by atoms with Crippen LogP contribution in [0.15, 0.2) is 70.7 Å². The molecule has 174 valence electrons. The summed E-state index contributed by atoms with van der Waals surface area (Å²) >= 11 is 1.31. The van der Waals surface area contributed by atoms with Crippen LogP contribution in [0.25, 0.3) is 17.3 Å². The molecule has 0 unspecified atom stereocenters. The van der Waals surface area contributed by atoms with Crippen LogP contribution in [0, 0.1) is 0 Å². The van der Waals surface area contributed by atoms with Crippen LogP contribution in [0.3, 0.4) is 0 Å². The molecular formula is C24H20F3N5OS. The number of piperazine rings is 1. The van der Waals surface area contributed by atoms with Crippen molar-refractivity contribution in [3.05, 3.63) is 76.8 Å². The number of amides is 1. The van der Waals surface area contributed by atoms with E-state index in [-0.39, 0.29) is 5.91 Å². The number of rotatable bonds is 3. The van der Waals surface area contributed by atoms with E-state index in [2.05, 4.69) is 15.2 Å². The molecule has 0 saturated carbocycles. The van der Waals surface area contributed by atoms with Crippen LogP contribution in [-0.4, -0.2) is 52.4 Å². The van der Waals surface area contributed by atoms with Gasteiger partial charge in [0.15, 0.2) is 5.17 Å². The highest BCUT2D eigenvalue weighted by Crippen LogP contribution is 2.34. The summed E-state index contributed by atoms with van der Waals surface area (Å²) in [6.07, 6.45) is -0.908. The van der Waals surface area contributed by atoms with Crippen LogP contribution >= 0.6 is 11.8 Å². The zero-order valence-electron chi connectivity index (χ0n) is 17.9. The molecule has 2 aromatic carbocycles. The number of amidine groups is 1. The number of carbonyl (C=O) groups is 1. The van der Waals surface area contributed by atoms with Crippen molar-refractivity contribution in [2.75, 3.05) is 31.1 Å². The highest BCUT2D eigenvalue weighted by molar-refractivity contribution is 8.18. The molecular weight excluding hydrogens is 463 g/mol. The minimum atomic E-state index is -4.37. The quantitative estimate of drug-likeness (QED) is 0.538. The van der Waals surface area contributed by atoms with Gasteiger partial charge in [0.05, 0.1) is 22.4 Å². The topological polar surface area (TPSA) is 64.6 Å². The van der Waals surface area contributed by atoms with E-state index in [1.165, 1.54) is 23.9 Å². The Morgan fingerprint density at radius 3 is 2.44 bits per heavy atom. The lowest BCUT2D eigenvalue weighted by molar-refractivity contribution is -0.137. The number of aromatic nitrogens is 2. The Morgan fingerprint density at radius 2 is 1.71 bits per heavy atom. The second-order valence-corrected chi connectivity index (χ2v) is 8.91. The zero-order valence-corrected chi connectivity index (χ0v) is 18.7. The van der Waals surface area contributed by atoms with Gasteiger partial charge in [-0.1, -0.05) is 36.4 Å². The summed E-state index contributed by atoms with van der Waals surface area (Å²) in [5.74, 6) is -0.305. The number of aliphatic imine (C=N–C) groups is 1. The van der Waals surface area contributed by atoms with Gasteiger partial charge in [0.2, 0.25) is 0 Å². The summed E-state index contributed by atoms with van der Waals surface area (Å²) in [6.45, 7) is 2.19. The number of alkyl halides is 3. The number of carbonyl (C=O) groups excluding carboxylic acids is 1. The number of halogens is 3. The average molecular weight is 484 g/mol. The van der Waals surface area contributed by atoms with E-state index in [4.69, 9.17) is 0 Å². The van der Waals surface area contributed by atoms with Gasteiger partial charge >= 0.3 is 6.18 Å². The number of hydrogen-bond acceptors (Lipinski definition) is 5. The van der Waals surface area contributed by atoms with E-state index in [1.54, 1.807) is 18.3 Å². The van der Waals surface area contributed by atoms with E-state index < -0.39 is 11.7 Å². The van der Waals surface area contributed by atoms with Gasteiger partial charge in [-0.05, 0) is 36.0 Å². The Kier molecular flexibility index (Phi) is 5.91. The van der Waals surface area contributed by atoms with Crippen molar-refractivity contribution in [1.82, 2.24) is 15.1 Å². The normalized spacial score (nSPS) is 18.0. The number of nitrogens with one attached hydrogen (secondary N) is 1. The molecule has 1 saturated heterocycles. The lowest BCUT2D eigenvalue weighted by Crippen LogP contribution is -2.47. The second kappa shape index (κ2) is 9.02. The summed E-state index contributed by atoms with van der Waals surface area (Å²) < 4.78 is 39.1. The molecule has 2 aliphatic rings. The van der Waals surface area contributed by atoms with Gasteiger partial charge in [-0.15, -0.1) is 0 Å². The summed E-state index contributed by atoms with van der Waals surface area (Å²) in [7, 11) is 0. The van der Waals surface area contributed by atoms with Gasteiger partial charge in [0, 0.05) is 43.0 Å². The first-order chi connectivity index (χ1) is 16.4. The van der Waals surface area contributed by atoms with Gasteiger partial charge in [-0.2, -0.15) is 23.3 Å². The van der Waals surface area contributed by atoms with E-state index in [9.17, 15) is 18.0 Å². The van der Waals surface area contributed by atoms with Gasteiger partial charge in [0.25, 0.3) is 5.91 Å². The highest BCUT2D eigenvalue weighted by Gasteiger charge is 2.32. The highest BCUT2D eigenvalue weighted by atomic mass is 32.2. The molecule has 6 nitrogen and oxygen atoms in total. The third-order valence-electron chi connectivity index (χ3n) is 5.72. The Morgan fingerprint density at radius 1 is 0.971 bits per heavy atom. The maximum atomic E-state index is 13.0. The van der Waals surface area contributed by atoms with Crippen molar-refractivity contribution in [1.29, 1.82) is 0 Å². The number of thioether (sulfide) groups is 1. The molecule has 10 heteroatoms. The molecule has 0 atom stereocenters. The molecule has 0 aliphatic carbocycles. The molecule has 0 radical (unpaired) electrons. The maximum Gasteiger partial charge on any atom is 0.416 e. The number of benzene rings is 2. The average Bonchev–Trinajstić information content (AvgIpc) is 3.46. The maximum absolute atomic E-state index is 13.0. The van der Waals surface area contributed by atoms with Crippen molar-refractivity contribution in [3.63, 3.8) is 0 Å².